The third-order valence-corrected chi connectivity index (χ3v) is 1.81. The van der Waals surface area contributed by atoms with Crippen molar-refractivity contribution in [3.8, 4) is 11.1 Å². The van der Waals surface area contributed by atoms with Crippen LogP contribution in [0, 0.1) is 0 Å². The van der Waals surface area contributed by atoms with E-state index in [0.717, 1.165) is 5.56 Å². The summed E-state index contributed by atoms with van der Waals surface area (Å²) in [6, 6.07) is 10.2. The van der Waals surface area contributed by atoms with Crippen LogP contribution in [-0.2, 0) is 15.3 Å². The molecule has 1 aromatic heterocycles. The summed E-state index contributed by atoms with van der Waals surface area (Å²) in [5, 5.41) is 4.11. The first-order valence-corrected chi connectivity index (χ1v) is 7.68. The zero-order valence-corrected chi connectivity index (χ0v) is 11.2. The van der Waals surface area contributed by atoms with Gasteiger partial charge in [0.1, 0.15) is 0 Å². The van der Waals surface area contributed by atoms with E-state index in [4.69, 9.17) is 8.42 Å². The molecule has 0 N–H and O–H groups in total. The molecule has 0 unspecified atom stereocenters. The van der Waals surface area contributed by atoms with Crippen molar-refractivity contribution in [2.24, 2.45) is 7.05 Å². The molecule has 0 saturated heterocycles. The lowest BCUT2D eigenvalue weighted by molar-refractivity contribution is 0.621. The minimum Gasteiger partial charge on any atom is -0.275 e. The van der Waals surface area contributed by atoms with Crippen molar-refractivity contribution in [1.29, 1.82) is 0 Å². The van der Waals surface area contributed by atoms with E-state index in [1.54, 1.807) is 0 Å². The molecule has 4 nitrogen and oxygen atoms in total. The monoisotopic (exact) mass is 292 g/mol. The number of rotatable bonds is 1. The van der Waals surface area contributed by atoms with E-state index >= 15 is 0 Å². The Labute approximate surface area is 109 Å². The lowest BCUT2D eigenvalue weighted by atomic mass is 10.1. The molecule has 0 atom stereocenters. The van der Waals surface area contributed by atoms with Crippen molar-refractivity contribution in [3.63, 3.8) is 0 Å². The van der Waals surface area contributed by atoms with Crippen LogP contribution in [0.1, 0.15) is 0 Å². The fourth-order valence-corrected chi connectivity index (χ4v) is 1.20. The normalized spacial score (nSPS) is 10.5. The smallest absolute Gasteiger partial charge is 0.275 e. The molecule has 1 aromatic carbocycles. The molecular weight excluding hydrogens is 283 g/mol. The standard InChI is InChI=1S/C10H10N2.Cl2O2S/c1-12-8-10(7-11-12)9-5-3-2-4-6-9;1-5(2,3)4/h2-8H,1H3;. The second kappa shape index (κ2) is 6.05. The van der Waals surface area contributed by atoms with Gasteiger partial charge in [-0.3, -0.25) is 4.68 Å². The fourth-order valence-electron chi connectivity index (χ4n) is 1.20. The van der Waals surface area contributed by atoms with Crippen LogP contribution < -0.4 is 0 Å². The first kappa shape index (κ1) is 14.0. The van der Waals surface area contributed by atoms with Crippen LogP contribution in [0.3, 0.4) is 0 Å². The Kier molecular flexibility index (Phi) is 4.99. The number of hydrogen-bond donors (Lipinski definition) is 0. The summed E-state index contributed by atoms with van der Waals surface area (Å²) in [6.45, 7) is 0. The molecule has 0 aliphatic carbocycles. The highest BCUT2D eigenvalue weighted by Crippen LogP contribution is 2.16. The van der Waals surface area contributed by atoms with E-state index in [2.05, 4.69) is 38.6 Å². The zero-order valence-electron chi connectivity index (χ0n) is 8.92. The summed E-state index contributed by atoms with van der Waals surface area (Å²) in [6.07, 6.45) is 3.88. The number of benzene rings is 1. The summed E-state index contributed by atoms with van der Waals surface area (Å²) in [5.41, 5.74) is 2.38. The predicted molar refractivity (Wildman–Crippen MR) is 69.3 cm³/mol. The second-order valence-electron chi connectivity index (χ2n) is 3.15. The first-order chi connectivity index (χ1) is 7.86. The molecule has 1 heterocycles. The maximum atomic E-state index is 9.16. The third-order valence-electron chi connectivity index (χ3n) is 1.81. The molecule has 0 aliphatic rings. The molecule has 92 valence electrons. The van der Waals surface area contributed by atoms with Crippen LogP contribution in [0.2, 0.25) is 0 Å². The molecular formula is C10H10Cl2N2O2S. The van der Waals surface area contributed by atoms with Crippen molar-refractivity contribution in [2.75, 3.05) is 0 Å². The quantitative estimate of drug-likeness (QED) is 0.760. The van der Waals surface area contributed by atoms with Crippen LogP contribution in [-0.4, -0.2) is 18.2 Å². The number of halogens is 2. The van der Waals surface area contributed by atoms with E-state index in [1.165, 1.54) is 5.56 Å². The van der Waals surface area contributed by atoms with Crippen LogP contribution in [0.5, 0.6) is 0 Å². The molecule has 0 spiro atoms. The maximum Gasteiger partial charge on any atom is 0.317 e. The fraction of sp³-hybridized carbons (Fsp3) is 0.100. The minimum absolute atomic E-state index is 1.16. The van der Waals surface area contributed by atoms with E-state index < -0.39 is 8.26 Å². The highest BCUT2D eigenvalue weighted by Gasteiger charge is 1.96. The molecule has 0 fully saturated rings. The topological polar surface area (TPSA) is 52.0 Å². The van der Waals surface area contributed by atoms with Gasteiger partial charge in [0.15, 0.2) is 0 Å². The Morgan fingerprint density at radius 1 is 1.12 bits per heavy atom. The Balaban J connectivity index is 0.000000249. The van der Waals surface area contributed by atoms with Gasteiger partial charge in [-0.1, -0.05) is 30.3 Å². The number of nitrogens with zero attached hydrogens (tertiary/aromatic N) is 2. The van der Waals surface area contributed by atoms with Gasteiger partial charge in [-0.05, 0) is 5.56 Å². The molecule has 0 bridgehead atoms. The molecule has 17 heavy (non-hydrogen) atoms. The summed E-state index contributed by atoms with van der Waals surface area (Å²) < 4.78 is 20.1. The summed E-state index contributed by atoms with van der Waals surface area (Å²) >= 11 is 0. The average molecular weight is 293 g/mol. The zero-order chi connectivity index (χ0) is 12.9. The Bertz CT molecular complexity index is 559. The van der Waals surface area contributed by atoms with Gasteiger partial charge >= 0.3 is 8.26 Å². The lowest BCUT2D eigenvalue weighted by Crippen LogP contribution is -1.83. The number of aryl methyl sites for hydroxylation is 1. The van der Waals surface area contributed by atoms with Crippen LogP contribution >= 0.6 is 21.4 Å². The molecule has 7 heteroatoms. The van der Waals surface area contributed by atoms with Gasteiger partial charge < -0.3 is 0 Å². The Morgan fingerprint density at radius 3 is 2.06 bits per heavy atom. The van der Waals surface area contributed by atoms with Crippen LogP contribution in [0.25, 0.3) is 11.1 Å². The third kappa shape index (κ3) is 6.31. The second-order valence-corrected chi connectivity index (χ2v) is 6.82. The van der Waals surface area contributed by atoms with Crippen LogP contribution in [0.4, 0.5) is 0 Å². The summed E-state index contributed by atoms with van der Waals surface area (Å²) in [7, 11) is 6.74. The Hall–Kier alpha value is -1.04. The molecule has 2 aromatic rings. The predicted octanol–water partition coefficient (Wildman–Crippen LogP) is 2.80. The number of hydrogen-bond acceptors (Lipinski definition) is 3. The van der Waals surface area contributed by atoms with Gasteiger partial charge in [-0.2, -0.15) is 13.5 Å². The van der Waals surface area contributed by atoms with Crippen LogP contribution in [0.15, 0.2) is 42.7 Å². The minimum atomic E-state index is -3.72. The van der Waals surface area contributed by atoms with Crippen molar-refractivity contribution >= 4 is 29.6 Å². The van der Waals surface area contributed by atoms with E-state index in [1.807, 2.05) is 42.3 Å². The first-order valence-electron chi connectivity index (χ1n) is 4.54. The number of aromatic nitrogens is 2. The average Bonchev–Trinajstić information content (AvgIpc) is 2.64. The lowest BCUT2D eigenvalue weighted by Gasteiger charge is -1.93. The molecule has 0 aliphatic heterocycles. The van der Waals surface area contributed by atoms with Gasteiger partial charge in [-0.25, -0.2) is 0 Å². The van der Waals surface area contributed by atoms with Crippen molar-refractivity contribution in [1.82, 2.24) is 9.78 Å². The molecule has 0 saturated carbocycles. The maximum absolute atomic E-state index is 9.16. The van der Waals surface area contributed by atoms with Gasteiger partial charge in [0.25, 0.3) is 0 Å². The highest BCUT2D eigenvalue weighted by atomic mass is 36.0. The Morgan fingerprint density at radius 2 is 1.65 bits per heavy atom. The largest absolute Gasteiger partial charge is 0.317 e. The van der Waals surface area contributed by atoms with Crippen molar-refractivity contribution in [2.45, 2.75) is 0 Å². The van der Waals surface area contributed by atoms with Crippen molar-refractivity contribution < 1.29 is 8.42 Å². The van der Waals surface area contributed by atoms with Gasteiger partial charge in [0.2, 0.25) is 0 Å². The van der Waals surface area contributed by atoms with Gasteiger partial charge in [0.05, 0.1) is 6.20 Å². The van der Waals surface area contributed by atoms with Gasteiger partial charge in [-0.15, -0.1) is 0 Å². The molecule has 2 rings (SSSR count). The SMILES string of the molecule is Cn1cc(-c2ccccc2)cn1.O=S(=O)(Cl)Cl. The van der Waals surface area contributed by atoms with E-state index in [9.17, 15) is 0 Å². The summed E-state index contributed by atoms with van der Waals surface area (Å²) in [4.78, 5) is 0. The summed E-state index contributed by atoms with van der Waals surface area (Å²) in [5.74, 6) is 0. The molecule has 0 radical (unpaired) electrons. The van der Waals surface area contributed by atoms with Crippen molar-refractivity contribution in [3.05, 3.63) is 42.7 Å². The van der Waals surface area contributed by atoms with E-state index in [0.29, 0.717) is 0 Å². The molecule has 0 amide bonds. The van der Waals surface area contributed by atoms with Gasteiger partial charge in [0, 0.05) is 40.2 Å². The highest BCUT2D eigenvalue weighted by molar-refractivity contribution is 8.31. The van der Waals surface area contributed by atoms with E-state index in [-0.39, 0.29) is 0 Å².